The number of ether oxygens (including phenoxy) is 1. The molecule has 1 saturated carbocycles. The van der Waals surface area contributed by atoms with Crippen molar-refractivity contribution in [3.05, 3.63) is 35.7 Å². The van der Waals surface area contributed by atoms with Gasteiger partial charge < -0.3 is 15.0 Å². The summed E-state index contributed by atoms with van der Waals surface area (Å²) in [6.45, 7) is 0.598. The molecule has 20 heavy (non-hydrogen) atoms. The number of benzene rings is 1. The van der Waals surface area contributed by atoms with Crippen molar-refractivity contribution in [1.82, 2.24) is 10.1 Å². The molecule has 0 spiro atoms. The fraction of sp³-hybridized carbons (Fsp3) is 0.467. The second-order valence-electron chi connectivity index (χ2n) is 5.42. The summed E-state index contributed by atoms with van der Waals surface area (Å²) >= 11 is 0. The third kappa shape index (κ3) is 2.46. The molecule has 1 heterocycles. The van der Waals surface area contributed by atoms with Crippen LogP contribution in [0.1, 0.15) is 37.1 Å². The van der Waals surface area contributed by atoms with E-state index < -0.39 is 5.54 Å². The molecule has 0 atom stereocenters. The zero-order valence-electron chi connectivity index (χ0n) is 11.6. The first-order valence-corrected chi connectivity index (χ1v) is 6.93. The Balaban J connectivity index is 1.82. The second kappa shape index (κ2) is 5.34. The van der Waals surface area contributed by atoms with E-state index >= 15 is 0 Å². The molecule has 5 heteroatoms. The largest absolute Gasteiger partial charge is 0.380 e. The topological polar surface area (TPSA) is 74.2 Å². The predicted molar refractivity (Wildman–Crippen MR) is 74.8 cm³/mol. The van der Waals surface area contributed by atoms with Gasteiger partial charge in [0.1, 0.15) is 0 Å². The summed E-state index contributed by atoms with van der Waals surface area (Å²) in [5, 5.41) is 4.07. The molecular formula is C15H19N3O2. The summed E-state index contributed by atoms with van der Waals surface area (Å²) in [4.78, 5) is 4.48. The van der Waals surface area contributed by atoms with Crippen LogP contribution in [0, 0.1) is 0 Å². The van der Waals surface area contributed by atoms with Gasteiger partial charge in [-0.05, 0) is 30.5 Å². The molecule has 5 nitrogen and oxygen atoms in total. The van der Waals surface area contributed by atoms with Crippen LogP contribution in [0.5, 0.6) is 0 Å². The Morgan fingerprint density at radius 3 is 2.60 bits per heavy atom. The molecule has 0 bridgehead atoms. The van der Waals surface area contributed by atoms with Gasteiger partial charge in [0, 0.05) is 12.7 Å². The normalized spacial score (nSPS) is 17.5. The van der Waals surface area contributed by atoms with Crippen molar-refractivity contribution in [3.63, 3.8) is 0 Å². The van der Waals surface area contributed by atoms with Crippen LogP contribution in [0.2, 0.25) is 0 Å². The number of hydrogen-bond acceptors (Lipinski definition) is 5. The SMILES string of the molecule is COCc1ccc(-c2nc(C3(N)CCCC3)no2)cc1. The van der Waals surface area contributed by atoms with Crippen molar-refractivity contribution < 1.29 is 9.26 Å². The molecule has 1 aliphatic rings. The lowest BCUT2D eigenvalue weighted by Gasteiger charge is -2.17. The lowest BCUT2D eigenvalue weighted by molar-refractivity contribution is 0.185. The smallest absolute Gasteiger partial charge is 0.257 e. The number of methoxy groups -OCH3 is 1. The summed E-state index contributed by atoms with van der Waals surface area (Å²) in [5.41, 5.74) is 7.95. The van der Waals surface area contributed by atoms with E-state index in [0.717, 1.165) is 36.8 Å². The van der Waals surface area contributed by atoms with Gasteiger partial charge in [-0.25, -0.2) is 0 Å². The quantitative estimate of drug-likeness (QED) is 0.926. The summed E-state index contributed by atoms with van der Waals surface area (Å²) < 4.78 is 10.4. The number of aromatic nitrogens is 2. The molecule has 2 N–H and O–H groups in total. The molecule has 2 aromatic rings. The zero-order valence-corrected chi connectivity index (χ0v) is 11.6. The summed E-state index contributed by atoms with van der Waals surface area (Å²) in [6, 6.07) is 7.92. The Bertz CT molecular complexity index is 571. The van der Waals surface area contributed by atoms with Crippen molar-refractivity contribution >= 4 is 0 Å². The van der Waals surface area contributed by atoms with Gasteiger partial charge in [-0.3, -0.25) is 0 Å². The van der Waals surface area contributed by atoms with Gasteiger partial charge in [-0.2, -0.15) is 4.98 Å². The molecule has 1 fully saturated rings. The average molecular weight is 273 g/mol. The molecule has 0 aliphatic heterocycles. The number of hydrogen-bond donors (Lipinski definition) is 1. The van der Waals surface area contributed by atoms with Crippen LogP contribution in [0.3, 0.4) is 0 Å². The minimum atomic E-state index is -0.405. The van der Waals surface area contributed by atoms with Gasteiger partial charge in [0.25, 0.3) is 5.89 Å². The van der Waals surface area contributed by atoms with Gasteiger partial charge in [0.15, 0.2) is 5.82 Å². The summed E-state index contributed by atoms with van der Waals surface area (Å²) in [7, 11) is 1.68. The van der Waals surface area contributed by atoms with E-state index in [-0.39, 0.29) is 0 Å². The Kier molecular flexibility index (Phi) is 3.54. The van der Waals surface area contributed by atoms with Gasteiger partial charge in [-0.15, -0.1) is 0 Å². The van der Waals surface area contributed by atoms with Crippen LogP contribution < -0.4 is 5.73 Å². The van der Waals surface area contributed by atoms with E-state index in [9.17, 15) is 0 Å². The van der Waals surface area contributed by atoms with Gasteiger partial charge in [0.2, 0.25) is 0 Å². The summed E-state index contributed by atoms with van der Waals surface area (Å²) in [5.74, 6) is 1.16. The van der Waals surface area contributed by atoms with E-state index in [1.807, 2.05) is 24.3 Å². The second-order valence-corrected chi connectivity index (χ2v) is 5.42. The van der Waals surface area contributed by atoms with Crippen LogP contribution in [0.25, 0.3) is 11.5 Å². The lowest BCUT2D eigenvalue weighted by Crippen LogP contribution is -2.34. The van der Waals surface area contributed by atoms with E-state index in [4.69, 9.17) is 15.0 Å². The van der Waals surface area contributed by atoms with E-state index in [1.165, 1.54) is 0 Å². The number of nitrogens with zero attached hydrogens (tertiary/aromatic N) is 2. The third-order valence-corrected chi connectivity index (χ3v) is 3.88. The molecule has 0 unspecified atom stereocenters. The highest BCUT2D eigenvalue weighted by molar-refractivity contribution is 5.53. The molecule has 3 rings (SSSR count). The van der Waals surface area contributed by atoms with Crippen molar-refractivity contribution in [1.29, 1.82) is 0 Å². The summed E-state index contributed by atoms with van der Waals surface area (Å²) in [6.07, 6.45) is 4.12. The van der Waals surface area contributed by atoms with Crippen LogP contribution in [-0.4, -0.2) is 17.3 Å². The number of rotatable bonds is 4. The minimum absolute atomic E-state index is 0.405. The molecule has 1 aromatic heterocycles. The highest BCUT2D eigenvalue weighted by atomic mass is 16.5. The first-order chi connectivity index (χ1) is 9.71. The standard InChI is InChI=1S/C15H19N3O2/c1-19-10-11-4-6-12(7-5-11)13-17-14(18-20-13)15(16)8-2-3-9-15/h4-7H,2-3,8-10,16H2,1H3. The van der Waals surface area contributed by atoms with Crippen LogP contribution >= 0.6 is 0 Å². The Labute approximate surface area is 118 Å². The van der Waals surface area contributed by atoms with E-state index in [1.54, 1.807) is 7.11 Å². The lowest BCUT2D eigenvalue weighted by atomic mass is 9.99. The zero-order chi connectivity index (χ0) is 14.0. The van der Waals surface area contributed by atoms with Crippen LogP contribution in [0.15, 0.2) is 28.8 Å². The van der Waals surface area contributed by atoms with Crippen molar-refractivity contribution in [2.45, 2.75) is 37.8 Å². The fourth-order valence-corrected chi connectivity index (χ4v) is 2.68. The molecule has 0 radical (unpaired) electrons. The first kappa shape index (κ1) is 13.3. The molecule has 0 saturated heterocycles. The van der Waals surface area contributed by atoms with E-state index in [0.29, 0.717) is 18.3 Å². The maximum atomic E-state index is 6.33. The van der Waals surface area contributed by atoms with Crippen LogP contribution in [-0.2, 0) is 16.9 Å². The molecule has 1 aliphatic carbocycles. The molecule has 0 amide bonds. The predicted octanol–water partition coefficient (Wildman–Crippen LogP) is 2.61. The van der Waals surface area contributed by atoms with Crippen LogP contribution in [0.4, 0.5) is 0 Å². The Morgan fingerprint density at radius 1 is 1.25 bits per heavy atom. The minimum Gasteiger partial charge on any atom is -0.380 e. The highest BCUT2D eigenvalue weighted by Gasteiger charge is 2.36. The average Bonchev–Trinajstić information content (AvgIpc) is 3.10. The first-order valence-electron chi connectivity index (χ1n) is 6.93. The third-order valence-electron chi connectivity index (χ3n) is 3.88. The van der Waals surface area contributed by atoms with Crippen molar-refractivity contribution in [2.75, 3.05) is 7.11 Å². The highest BCUT2D eigenvalue weighted by Crippen LogP contribution is 2.35. The Hall–Kier alpha value is -1.72. The van der Waals surface area contributed by atoms with Crippen molar-refractivity contribution in [3.8, 4) is 11.5 Å². The van der Waals surface area contributed by atoms with Crippen molar-refractivity contribution in [2.24, 2.45) is 5.73 Å². The Morgan fingerprint density at radius 2 is 1.95 bits per heavy atom. The maximum absolute atomic E-state index is 6.33. The van der Waals surface area contributed by atoms with E-state index in [2.05, 4.69) is 10.1 Å². The fourth-order valence-electron chi connectivity index (χ4n) is 2.68. The molecular weight excluding hydrogens is 254 g/mol. The van der Waals surface area contributed by atoms with Gasteiger partial charge in [-0.1, -0.05) is 30.1 Å². The van der Waals surface area contributed by atoms with Gasteiger partial charge in [0.05, 0.1) is 12.1 Å². The monoisotopic (exact) mass is 273 g/mol. The number of nitrogens with two attached hydrogens (primary N) is 1. The van der Waals surface area contributed by atoms with Gasteiger partial charge >= 0.3 is 0 Å². The maximum Gasteiger partial charge on any atom is 0.257 e. The molecule has 1 aromatic carbocycles. The molecule has 106 valence electrons.